The fraction of sp³-hybridized carbons (Fsp3) is 0.0769. The van der Waals surface area contributed by atoms with Crippen molar-refractivity contribution in [3.8, 4) is 11.5 Å². The summed E-state index contributed by atoms with van der Waals surface area (Å²) >= 11 is 0. The molecule has 98 valence electrons. The second-order valence-corrected chi connectivity index (χ2v) is 3.77. The standard InChI is InChI=1S/C13H13N3O3/c14-13(16-18)11-12(17)10(6-7-15-11)19-8-9-4-2-1-3-5-9/h1-7,17-18H,8H2,(H2,14,16). The number of pyridine rings is 1. The number of nitrogens with two attached hydrogens (primary N) is 1. The zero-order valence-electron chi connectivity index (χ0n) is 10.0. The molecule has 0 atom stereocenters. The van der Waals surface area contributed by atoms with E-state index in [9.17, 15) is 5.11 Å². The predicted octanol–water partition coefficient (Wildman–Crippen LogP) is 1.46. The van der Waals surface area contributed by atoms with Gasteiger partial charge in [-0.05, 0) is 5.56 Å². The van der Waals surface area contributed by atoms with E-state index in [-0.39, 0.29) is 23.0 Å². The van der Waals surface area contributed by atoms with Crippen LogP contribution >= 0.6 is 0 Å². The van der Waals surface area contributed by atoms with E-state index in [0.29, 0.717) is 6.61 Å². The number of amidine groups is 1. The Morgan fingerprint density at radius 2 is 2.00 bits per heavy atom. The summed E-state index contributed by atoms with van der Waals surface area (Å²) in [5.41, 5.74) is 6.33. The van der Waals surface area contributed by atoms with Crippen molar-refractivity contribution >= 4 is 5.84 Å². The maximum absolute atomic E-state index is 9.91. The number of hydrogen-bond donors (Lipinski definition) is 3. The van der Waals surface area contributed by atoms with E-state index in [1.54, 1.807) is 0 Å². The average molecular weight is 259 g/mol. The van der Waals surface area contributed by atoms with Gasteiger partial charge < -0.3 is 20.8 Å². The molecule has 1 heterocycles. The van der Waals surface area contributed by atoms with E-state index in [1.807, 2.05) is 30.3 Å². The summed E-state index contributed by atoms with van der Waals surface area (Å²) in [6.45, 7) is 0.300. The highest BCUT2D eigenvalue weighted by Gasteiger charge is 2.13. The SMILES string of the molecule is N/C(=N/O)c1nccc(OCc2ccccc2)c1O. The first-order chi connectivity index (χ1) is 9.22. The van der Waals surface area contributed by atoms with Crippen molar-refractivity contribution in [3.63, 3.8) is 0 Å². The molecule has 4 N–H and O–H groups in total. The molecule has 2 rings (SSSR count). The van der Waals surface area contributed by atoms with Gasteiger partial charge in [0.05, 0.1) is 0 Å². The number of benzene rings is 1. The molecular weight excluding hydrogens is 246 g/mol. The topological polar surface area (TPSA) is 101 Å². The number of hydrogen-bond acceptors (Lipinski definition) is 5. The van der Waals surface area contributed by atoms with Gasteiger partial charge in [0.25, 0.3) is 0 Å². The van der Waals surface area contributed by atoms with E-state index in [2.05, 4.69) is 10.1 Å². The number of nitrogens with zero attached hydrogens (tertiary/aromatic N) is 2. The summed E-state index contributed by atoms with van der Waals surface area (Å²) in [6.07, 6.45) is 1.41. The summed E-state index contributed by atoms with van der Waals surface area (Å²) in [6, 6.07) is 11.0. The first-order valence-corrected chi connectivity index (χ1v) is 5.55. The first kappa shape index (κ1) is 12.7. The minimum atomic E-state index is -0.275. The molecule has 0 saturated heterocycles. The summed E-state index contributed by atoms with van der Waals surface area (Å²) in [5, 5.41) is 21.3. The smallest absolute Gasteiger partial charge is 0.192 e. The highest BCUT2D eigenvalue weighted by atomic mass is 16.5. The van der Waals surface area contributed by atoms with Crippen LogP contribution < -0.4 is 10.5 Å². The fourth-order valence-corrected chi connectivity index (χ4v) is 1.52. The molecule has 0 bridgehead atoms. The Labute approximate surface area is 109 Å². The quantitative estimate of drug-likeness (QED) is 0.334. The average Bonchev–Trinajstić information content (AvgIpc) is 2.46. The number of oxime groups is 1. The molecule has 0 unspecified atom stereocenters. The van der Waals surface area contributed by atoms with Crippen LogP contribution in [0.1, 0.15) is 11.3 Å². The molecule has 6 nitrogen and oxygen atoms in total. The van der Waals surface area contributed by atoms with Crippen LogP contribution in [-0.4, -0.2) is 21.1 Å². The first-order valence-electron chi connectivity index (χ1n) is 5.55. The Hall–Kier alpha value is -2.76. The van der Waals surface area contributed by atoms with Crippen LogP contribution in [0, 0.1) is 0 Å². The zero-order chi connectivity index (χ0) is 13.7. The van der Waals surface area contributed by atoms with Crippen LogP contribution in [0.4, 0.5) is 0 Å². The molecule has 6 heteroatoms. The number of ether oxygens (including phenoxy) is 1. The van der Waals surface area contributed by atoms with Crippen LogP contribution in [-0.2, 0) is 6.61 Å². The second kappa shape index (κ2) is 5.72. The Balaban J connectivity index is 2.17. The van der Waals surface area contributed by atoms with Crippen LogP contribution in [0.15, 0.2) is 47.8 Å². The van der Waals surface area contributed by atoms with Crippen molar-refractivity contribution in [2.75, 3.05) is 0 Å². The molecule has 0 aliphatic carbocycles. The normalized spacial score (nSPS) is 11.3. The van der Waals surface area contributed by atoms with Gasteiger partial charge in [0.15, 0.2) is 23.0 Å². The lowest BCUT2D eigenvalue weighted by molar-refractivity contribution is 0.287. The third-order valence-corrected chi connectivity index (χ3v) is 2.47. The van der Waals surface area contributed by atoms with Crippen LogP contribution in [0.3, 0.4) is 0 Å². The molecule has 19 heavy (non-hydrogen) atoms. The van der Waals surface area contributed by atoms with E-state index >= 15 is 0 Å². The maximum Gasteiger partial charge on any atom is 0.192 e. The Morgan fingerprint density at radius 1 is 1.26 bits per heavy atom. The third-order valence-electron chi connectivity index (χ3n) is 2.47. The zero-order valence-corrected chi connectivity index (χ0v) is 10.0. The van der Waals surface area contributed by atoms with Gasteiger partial charge in [-0.1, -0.05) is 35.5 Å². The monoisotopic (exact) mass is 259 g/mol. The molecule has 1 aromatic heterocycles. The largest absolute Gasteiger partial charge is 0.503 e. The second-order valence-electron chi connectivity index (χ2n) is 3.77. The summed E-state index contributed by atoms with van der Waals surface area (Å²) in [4.78, 5) is 3.82. The van der Waals surface area contributed by atoms with E-state index < -0.39 is 0 Å². The van der Waals surface area contributed by atoms with E-state index in [1.165, 1.54) is 12.3 Å². The van der Waals surface area contributed by atoms with Crippen molar-refractivity contribution in [1.29, 1.82) is 0 Å². The Bertz CT molecular complexity index is 585. The van der Waals surface area contributed by atoms with Crippen molar-refractivity contribution in [3.05, 3.63) is 53.9 Å². The van der Waals surface area contributed by atoms with Crippen molar-refractivity contribution in [2.45, 2.75) is 6.61 Å². The van der Waals surface area contributed by atoms with Gasteiger partial charge in [-0.3, -0.25) is 0 Å². The highest BCUT2D eigenvalue weighted by Crippen LogP contribution is 2.28. The van der Waals surface area contributed by atoms with Gasteiger partial charge in [-0.25, -0.2) is 4.98 Å². The van der Waals surface area contributed by atoms with Gasteiger partial charge in [0, 0.05) is 12.3 Å². The maximum atomic E-state index is 9.91. The lowest BCUT2D eigenvalue weighted by atomic mass is 10.2. The van der Waals surface area contributed by atoms with Gasteiger partial charge in [-0.15, -0.1) is 0 Å². The van der Waals surface area contributed by atoms with Crippen molar-refractivity contribution in [1.82, 2.24) is 4.98 Å². The Morgan fingerprint density at radius 3 is 2.68 bits per heavy atom. The van der Waals surface area contributed by atoms with Gasteiger partial charge in [0.1, 0.15) is 6.61 Å². The van der Waals surface area contributed by atoms with Gasteiger partial charge in [0.2, 0.25) is 0 Å². The number of rotatable bonds is 4. The molecule has 2 aromatic rings. The molecule has 0 aliphatic rings. The van der Waals surface area contributed by atoms with Crippen LogP contribution in [0.5, 0.6) is 11.5 Å². The molecule has 0 radical (unpaired) electrons. The van der Waals surface area contributed by atoms with E-state index in [0.717, 1.165) is 5.56 Å². The minimum absolute atomic E-state index is 0.0203. The third kappa shape index (κ3) is 2.92. The molecule has 0 aliphatic heterocycles. The summed E-state index contributed by atoms with van der Waals surface area (Å²) in [5.74, 6) is -0.308. The molecule has 0 fully saturated rings. The van der Waals surface area contributed by atoms with Crippen LogP contribution in [0.2, 0.25) is 0 Å². The predicted molar refractivity (Wildman–Crippen MR) is 69.2 cm³/mol. The van der Waals surface area contributed by atoms with Crippen LogP contribution in [0.25, 0.3) is 0 Å². The van der Waals surface area contributed by atoms with Crippen molar-refractivity contribution in [2.24, 2.45) is 10.9 Å². The molecule has 0 spiro atoms. The van der Waals surface area contributed by atoms with Crippen molar-refractivity contribution < 1.29 is 15.1 Å². The summed E-state index contributed by atoms with van der Waals surface area (Å²) < 4.78 is 5.48. The number of aromatic hydroxyl groups is 1. The lowest BCUT2D eigenvalue weighted by Gasteiger charge is -2.09. The van der Waals surface area contributed by atoms with Gasteiger partial charge >= 0.3 is 0 Å². The summed E-state index contributed by atoms with van der Waals surface area (Å²) in [7, 11) is 0. The molecular formula is C13H13N3O3. The fourth-order valence-electron chi connectivity index (χ4n) is 1.52. The molecule has 0 saturated carbocycles. The lowest BCUT2D eigenvalue weighted by Crippen LogP contribution is -2.15. The Kier molecular flexibility index (Phi) is 3.82. The molecule has 0 amide bonds. The highest BCUT2D eigenvalue weighted by molar-refractivity contribution is 5.98. The number of aromatic nitrogens is 1. The molecule has 1 aromatic carbocycles. The minimum Gasteiger partial charge on any atom is -0.503 e. The van der Waals surface area contributed by atoms with E-state index in [4.69, 9.17) is 15.7 Å². The van der Waals surface area contributed by atoms with Gasteiger partial charge in [-0.2, -0.15) is 0 Å².